The maximum atomic E-state index is 10.7. The van der Waals surface area contributed by atoms with Crippen molar-refractivity contribution in [3.63, 3.8) is 0 Å². The van der Waals surface area contributed by atoms with Crippen LogP contribution in [0.3, 0.4) is 0 Å². The number of hydrogen-bond donors (Lipinski definition) is 1. The molecule has 0 fully saturated rings. The first-order valence-corrected chi connectivity index (χ1v) is 5.20. The van der Waals surface area contributed by atoms with E-state index in [-0.39, 0.29) is 5.75 Å². The quantitative estimate of drug-likeness (QED) is 0.718. The Balaban J connectivity index is 2.89. The Kier molecular flexibility index (Phi) is 2.66. The maximum absolute atomic E-state index is 10.7. The molecule has 0 bridgehead atoms. The zero-order valence-corrected chi connectivity index (χ0v) is 7.58. The fourth-order valence-corrected chi connectivity index (χ4v) is 1.56. The summed E-state index contributed by atoms with van der Waals surface area (Å²) in [6, 6.07) is 6.29. The maximum Gasteiger partial charge on any atom is 0.213 e. The summed E-state index contributed by atoms with van der Waals surface area (Å²) in [6.45, 7) is 6.68. The molecular formula is C8H8N2O2S. The Morgan fingerprint density at radius 3 is 2.23 bits per heavy atom. The fourth-order valence-electron chi connectivity index (χ4n) is 0.899. The van der Waals surface area contributed by atoms with Gasteiger partial charge in [0.15, 0.2) is 5.69 Å². The van der Waals surface area contributed by atoms with Crippen LogP contribution in [0.15, 0.2) is 24.3 Å². The molecular weight excluding hydrogens is 188 g/mol. The summed E-state index contributed by atoms with van der Waals surface area (Å²) < 4.78 is 21.3. The van der Waals surface area contributed by atoms with Crippen molar-refractivity contribution in [1.82, 2.24) is 0 Å². The lowest BCUT2D eigenvalue weighted by molar-refractivity contribution is 0.597. The number of sulfonamides is 1. The lowest BCUT2D eigenvalue weighted by Gasteiger charge is -1.98. The van der Waals surface area contributed by atoms with Crippen LogP contribution in [-0.4, -0.2) is 8.42 Å². The Labute approximate surface area is 76.9 Å². The first kappa shape index (κ1) is 9.71. The molecule has 0 radical (unpaired) electrons. The molecule has 1 aromatic rings. The molecule has 0 aliphatic carbocycles. The number of nitrogens with two attached hydrogens (primary N) is 1. The Morgan fingerprint density at radius 2 is 1.85 bits per heavy atom. The highest BCUT2D eigenvalue weighted by Crippen LogP contribution is 2.13. The number of hydrogen-bond acceptors (Lipinski definition) is 2. The Hall–Kier alpha value is -1.38. The van der Waals surface area contributed by atoms with Crippen molar-refractivity contribution < 1.29 is 8.42 Å². The average Bonchev–Trinajstić information content (AvgIpc) is 2.03. The second-order valence-corrected chi connectivity index (χ2v) is 4.20. The van der Waals surface area contributed by atoms with Crippen LogP contribution in [0.5, 0.6) is 0 Å². The van der Waals surface area contributed by atoms with E-state index in [9.17, 15) is 8.42 Å². The highest BCUT2D eigenvalue weighted by molar-refractivity contribution is 7.88. The average molecular weight is 196 g/mol. The van der Waals surface area contributed by atoms with Crippen molar-refractivity contribution in [1.29, 1.82) is 0 Å². The first-order chi connectivity index (χ1) is 6.01. The van der Waals surface area contributed by atoms with Crippen LogP contribution in [0.2, 0.25) is 0 Å². The molecule has 1 rings (SSSR count). The first-order valence-electron chi connectivity index (χ1n) is 3.48. The number of nitrogens with zero attached hydrogens (tertiary/aromatic N) is 1. The molecule has 0 aliphatic rings. The normalized spacial score (nSPS) is 10.8. The van der Waals surface area contributed by atoms with E-state index in [1.54, 1.807) is 24.3 Å². The second-order valence-electron chi connectivity index (χ2n) is 2.59. The van der Waals surface area contributed by atoms with Gasteiger partial charge in [0, 0.05) is 0 Å². The predicted molar refractivity (Wildman–Crippen MR) is 49.5 cm³/mol. The standard InChI is InChI=1S/C8H8N2O2S/c1-10-8-4-2-7(3-5-8)6-13(9,11)12/h2-5H,6H2,(H2,9,11,12). The highest BCUT2D eigenvalue weighted by Gasteiger charge is 2.03. The van der Waals surface area contributed by atoms with Crippen molar-refractivity contribution in [3.05, 3.63) is 41.2 Å². The summed E-state index contributed by atoms with van der Waals surface area (Å²) in [6.07, 6.45) is 0. The van der Waals surface area contributed by atoms with E-state index in [1.807, 2.05) is 0 Å². The molecule has 0 heterocycles. The van der Waals surface area contributed by atoms with Gasteiger partial charge in [0.05, 0.1) is 12.3 Å². The van der Waals surface area contributed by atoms with Crippen LogP contribution in [0.4, 0.5) is 5.69 Å². The van der Waals surface area contributed by atoms with Gasteiger partial charge in [-0.25, -0.2) is 18.4 Å². The molecule has 0 atom stereocenters. The van der Waals surface area contributed by atoms with Crippen molar-refractivity contribution in [2.24, 2.45) is 5.14 Å². The van der Waals surface area contributed by atoms with E-state index in [1.165, 1.54) is 0 Å². The minimum atomic E-state index is -3.47. The molecule has 13 heavy (non-hydrogen) atoms. The molecule has 0 unspecified atom stereocenters. The molecule has 0 aliphatic heterocycles. The lowest BCUT2D eigenvalue weighted by atomic mass is 10.2. The van der Waals surface area contributed by atoms with Gasteiger partial charge in [-0.15, -0.1) is 0 Å². The van der Waals surface area contributed by atoms with Crippen molar-refractivity contribution in [2.75, 3.05) is 0 Å². The van der Waals surface area contributed by atoms with Gasteiger partial charge < -0.3 is 0 Å². The van der Waals surface area contributed by atoms with Crippen LogP contribution in [0, 0.1) is 6.57 Å². The molecule has 1 aromatic carbocycles. The van der Waals surface area contributed by atoms with Gasteiger partial charge in [0.25, 0.3) is 0 Å². The molecule has 0 amide bonds. The molecule has 4 nitrogen and oxygen atoms in total. The summed E-state index contributed by atoms with van der Waals surface area (Å²) in [5, 5.41) is 4.85. The van der Waals surface area contributed by atoms with Crippen molar-refractivity contribution in [2.45, 2.75) is 5.75 Å². The third-order valence-electron chi connectivity index (χ3n) is 1.43. The van der Waals surface area contributed by atoms with Gasteiger partial charge in [0.1, 0.15) is 0 Å². The third kappa shape index (κ3) is 3.23. The molecule has 68 valence electrons. The smallest absolute Gasteiger partial charge is 0.213 e. The van der Waals surface area contributed by atoms with E-state index >= 15 is 0 Å². The van der Waals surface area contributed by atoms with Gasteiger partial charge in [-0.05, 0) is 5.56 Å². The summed E-state index contributed by atoms with van der Waals surface area (Å²) in [5.74, 6) is -0.189. The molecule has 2 N–H and O–H groups in total. The minimum absolute atomic E-state index is 0.189. The van der Waals surface area contributed by atoms with Crippen molar-refractivity contribution >= 4 is 15.7 Å². The van der Waals surface area contributed by atoms with Gasteiger partial charge in [-0.2, -0.15) is 0 Å². The zero-order valence-electron chi connectivity index (χ0n) is 6.77. The topological polar surface area (TPSA) is 64.5 Å². The van der Waals surface area contributed by atoms with Gasteiger partial charge in [-0.1, -0.05) is 24.3 Å². The van der Waals surface area contributed by atoms with E-state index < -0.39 is 10.0 Å². The van der Waals surface area contributed by atoms with Gasteiger partial charge in [0.2, 0.25) is 10.0 Å². The summed E-state index contributed by atoms with van der Waals surface area (Å²) in [7, 11) is -3.47. The summed E-state index contributed by atoms with van der Waals surface area (Å²) in [4.78, 5) is 3.18. The highest BCUT2D eigenvalue weighted by atomic mass is 32.2. The number of rotatable bonds is 2. The number of benzene rings is 1. The summed E-state index contributed by atoms with van der Waals surface area (Å²) >= 11 is 0. The predicted octanol–water partition coefficient (Wildman–Crippen LogP) is 1.03. The Bertz CT molecular complexity index is 428. The van der Waals surface area contributed by atoms with Gasteiger partial charge in [-0.3, -0.25) is 0 Å². The van der Waals surface area contributed by atoms with Crippen molar-refractivity contribution in [3.8, 4) is 0 Å². The SMILES string of the molecule is [C-]#[N+]c1ccc(CS(N)(=O)=O)cc1. The number of primary sulfonamides is 1. The fraction of sp³-hybridized carbons (Fsp3) is 0.125. The van der Waals surface area contributed by atoms with Gasteiger partial charge >= 0.3 is 0 Å². The monoisotopic (exact) mass is 196 g/mol. The van der Waals surface area contributed by atoms with E-state index in [0.29, 0.717) is 11.3 Å². The molecule has 0 saturated carbocycles. The van der Waals surface area contributed by atoms with Crippen LogP contribution < -0.4 is 5.14 Å². The largest absolute Gasteiger partial charge is 0.238 e. The minimum Gasteiger partial charge on any atom is -0.238 e. The van der Waals surface area contributed by atoms with E-state index in [2.05, 4.69) is 4.85 Å². The summed E-state index contributed by atoms with van der Waals surface area (Å²) in [5.41, 5.74) is 1.08. The molecule has 0 saturated heterocycles. The van der Waals surface area contributed by atoms with Crippen LogP contribution >= 0.6 is 0 Å². The third-order valence-corrected chi connectivity index (χ3v) is 2.17. The molecule has 5 heteroatoms. The molecule has 0 aromatic heterocycles. The van der Waals surface area contributed by atoms with E-state index in [0.717, 1.165) is 0 Å². The van der Waals surface area contributed by atoms with Crippen LogP contribution in [0.25, 0.3) is 4.85 Å². The van der Waals surface area contributed by atoms with Crippen LogP contribution in [-0.2, 0) is 15.8 Å². The zero-order chi connectivity index (χ0) is 9.90. The molecule has 0 spiro atoms. The van der Waals surface area contributed by atoms with E-state index in [4.69, 9.17) is 11.7 Å². The second kappa shape index (κ2) is 3.56. The Morgan fingerprint density at radius 1 is 1.31 bits per heavy atom. The lowest BCUT2D eigenvalue weighted by Crippen LogP contribution is -2.14. The van der Waals surface area contributed by atoms with Crippen LogP contribution in [0.1, 0.15) is 5.56 Å².